The number of hydrogen-bond acceptors (Lipinski definition) is 7. The van der Waals surface area contributed by atoms with Crippen molar-refractivity contribution in [3.8, 4) is 5.75 Å². The van der Waals surface area contributed by atoms with E-state index in [-0.39, 0.29) is 36.7 Å². The van der Waals surface area contributed by atoms with E-state index in [0.29, 0.717) is 12.4 Å². The highest BCUT2D eigenvalue weighted by Gasteiger charge is 2.45. The number of nitrogens with one attached hydrogen (secondary N) is 2. The molecule has 29 heavy (non-hydrogen) atoms. The maximum absolute atomic E-state index is 13.0. The Morgan fingerprint density at radius 3 is 2.55 bits per heavy atom. The number of carbonyl (C=O) groups excluding carboxylic acids is 4. The van der Waals surface area contributed by atoms with Crippen LogP contribution in [0, 0.1) is 0 Å². The van der Waals surface area contributed by atoms with Crippen LogP contribution in [0.3, 0.4) is 0 Å². The molecule has 3 heterocycles. The normalized spacial score (nSPS) is 22.6. The van der Waals surface area contributed by atoms with Gasteiger partial charge in [-0.25, -0.2) is 0 Å². The van der Waals surface area contributed by atoms with Gasteiger partial charge in [0.15, 0.2) is 0 Å². The molecule has 0 spiro atoms. The molecule has 1 atom stereocenters. The van der Waals surface area contributed by atoms with Crippen LogP contribution < -0.4 is 15.4 Å². The summed E-state index contributed by atoms with van der Waals surface area (Å²) in [5, 5.41) is 5.46. The van der Waals surface area contributed by atoms with Gasteiger partial charge in [0.05, 0.1) is 23.8 Å². The molecule has 4 amide bonds. The number of ether oxygens (including phenoxy) is 2. The molecule has 1 aromatic carbocycles. The second kappa shape index (κ2) is 8.30. The predicted octanol–water partition coefficient (Wildman–Crippen LogP) is 0.235. The Morgan fingerprint density at radius 1 is 1.00 bits per heavy atom. The molecule has 154 valence electrons. The minimum atomic E-state index is -0.990. The number of hydrogen-bond donors (Lipinski definition) is 2. The number of nitrogens with zero attached hydrogens (tertiary/aromatic N) is 1. The monoisotopic (exact) mass is 401 g/mol. The highest BCUT2D eigenvalue weighted by atomic mass is 16.5. The zero-order valence-corrected chi connectivity index (χ0v) is 15.9. The molecule has 9 heteroatoms. The van der Waals surface area contributed by atoms with Gasteiger partial charge in [0.25, 0.3) is 11.8 Å². The van der Waals surface area contributed by atoms with Crippen molar-refractivity contribution >= 4 is 23.6 Å². The Labute approximate surface area is 167 Å². The fourth-order valence-corrected chi connectivity index (χ4v) is 3.93. The van der Waals surface area contributed by atoms with Crippen LogP contribution in [0.4, 0.5) is 0 Å². The highest BCUT2D eigenvalue weighted by Crippen LogP contribution is 2.33. The first-order chi connectivity index (χ1) is 14.1. The van der Waals surface area contributed by atoms with Gasteiger partial charge in [0, 0.05) is 6.42 Å². The number of fused-ring (bicyclic) bond motifs is 1. The number of rotatable bonds is 6. The third kappa shape index (κ3) is 3.88. The lowest BCUT2D eigenvalue weighted by atomic mass is 10.0. The SMILES string of the molecule is O=C1CCC(N2C(=O)c3cccc(OCCOC4CCNCC4)c3C2=O)C(=O)N1. The molecule has 0 bridgehead atoms. The zero-order chi connectivity index (χ0) is 20.4. The maximum atomic E-state index is 13.0. The molecule has 0 aliphatic carbocycles. The average Bonchev–Trinajstić information content (AvgIpc) is 2.98. The van der Waals surface area contributed by atoms with Crippen LogP contribution in [0.1, 0.15) is 46.4 Å². The van der Waals surface area contributed by atoms with Gasteiger partial charge < -0.3 is 14.8 Å². The number of carbonyl (C=O) groups is 4. The van der Waals surface area contributed by atoms with Gasteiger partial charge in [-0.05, 0) is 44.5 Å². The lowest BCUT2D eigenvalue weighted by molar-refractivity contribution is -0.136. The van der Waals surface area contributed by atoms with Crippen LogP contribution in [-0.4, -0.2) is 67.0 Å². The molecule has 0 aromatic heterocycles. The fourth-order valence-electron chi connectivity index (χ4n) is 3.93. The second-order valence-electron chi connectivity index (χ2n) is 7.29. The Balaban J connectivity index is 1.43. The summed E-state index contributed by atoms with van der Waals surface area (Å²) >= 11 is 0. The van der Waals surface area contributed by atoms with Crippen LogP contribution in [0.2, 0.25) is 0 Å². The summed E-state index contributed by atoms with van der Waals surface area (Å²) in [7, 11) is 0. The van der Waals surface area contributed by atoms with Gasteiger partial charge >= 0.3 is 0 Å². The molecule has 1 unspecified atom stereocenters. The van der Waals surface area contributed by atoms with Crippen LogP contribution in [0.5, 0.6) is 5.75 Å². The maximum Gasteiger partial charge on any atom is 0.266 e. The predicted molar refractivity (Wildman–Crippen MR) is 100 cm³/mol. The van der Waals surface area contributed by atoms with Crippen molar-refractivity contribution in [3.63, 3.8) is 0 Å². The zero-order valence-electron chi connectivity index (χ0n) is 15.9. The van der Waals surface area contributed by atoms with Crippen LogP contribution in [0.25, 0.3) is 0 Å². The van der Waals surface area contributed by atoms with E-state index in [4.69, 9.17) is 9.47 Å². The highest BCUT2D eigenvalue weighted by molar-refractivity contribution is 6.24. The average molecular weight is 401 g/mol. The summed E-state index contributed by atoms with van der Waals surface area (Å²) in [5.74, 6) is -1.86. The van der Waals surface area contributed by atoms with E-state index < -0.39 is 29.7 Å². The summed E-state index contributed by atoms with van der Waals surface area (Å²) in [6.45, 7) is 2.50. The van der Waals surface area contributed by atoms with Crippen LogP contribution in [0.15, 0.2) is 18.2 Å². The van der Waals surface area contributed by atoms with Gasteiger partial charge in [-0.3, -0.25) is 29.4 Å². The molecule has 2 saturated heterocycles. The Bertz CT molecular complexity index is 849. The van der Waals surface area contributed by atoms with E-state index in [0.717, 1.165) is 30.8 Å². The van der Waals surface area contributed by atoms with Gasteiger partial charge in [0.1, 0.15) is 18.4 Å². The van der Waals surface area contributed by atoms with Crippen molar-refractivity contribution in [1.82, 2.24) is 15.5 Å². The summed E-state index contributed by atoms with van der Waals surface area (Å²) in [6.07, 6.45) is 2.31. The molecule has 2 N–H and O–H groups in total. The number of piperidine rings is 2. The van der Waals surface area contributed by atoms with E-state index in [1.807, 2.05) is 0 Å². The lowest BCUT2D eigenvalue weighted by Crippen LogP contribution is -2.54. The first-order valence-electron chi connectivity index (χ1n) is 9.86. The topological polar surface area (TPSA) is 114 Å². The first kappa shape index (κ1) is 19.5. The van der Waals surface area contributed by atoms with Crippen molar-refractivity contribution in [1.29, 1.82) is 0 Å². The molecule has 9 nitrogen and oxygen atoms in total. The molecule has 2 fully saturated rings. The van der Waals surface area contributed by atoms with Gasteiger partial charge in [-0.2, -0.15) is 0 Å². The molecule has 4 rings (SSSR count). The van der Waals surface area contributed by atoms with Crippen molar-refractivity contribution in [3.05, 3.63) is 29.3 Å². The summed E-state index contributed by atoms with van der Waals surface area (Å²) in [4.78, 5) is 50.2. The van der Waals surface area contributed by atoms with E-state index in [2.05, 4.69) is 10.6 Å². The van der Waals surface area contributed by atoms with E-state index >= 15 is 0 Å². The molecule has 1 aromatic rings. The van der Waals surface area contributed by atoms with Crippen molar-refractivity contribution in [2.45, 2.75) is 37.8 Å². The largest absolute Gasteiger partial charge is 0.490 e. The minimum Gasteiger partial charge on any atom is -0.490 e. The van der Waals surface area contributed by atoms with Crippen LogP contribution in [-0.2, 0) is 14.3 Å². The molecular weight excluding hydrogens is 378 g/mol. The molecular formula is C20H23N3O6. The third-order valence-corrected chi connectivity index (χ3v) is 5.41. The third-order valence-electron chi connectivity index (χ3n) is 5.41. The quantitative estimate of drug-likeness (QED) is 0.518. The number of benzene rings is 1. The second-order valence-corrected chi connectivity index (χ2v) is 7.29. The van der Waals surface area contributed by atoms with E-state index in [9.17, 15) is 19.2 Å². The van der Waals surface area contributed by atoms with E-state index in [1.54, 1.807) is 18.2 Å². The molecule has 0 radical (unpaired) electrons. The smallest absolute Gasteiger partial charge is 0.266 e. The van der Waals surface area contributed by atoms with Gasteiger partial charge in [-0.1, -0.05) is 6.07 Å². The lowest BCUT2D eigenvalue weighted by Gasteiger charge is -2.27. The summed E-state index contributed by atoms with van der Waals surface area (Å²) < 4.78 is 11.5. The Morgan fingerprint density at radius 2 is 1.79 bits per heavy atom. The minimum absolute atomic E-state index is 0.0845. The van der Waals surface area contributed by atoms with Gasteiger partial charge in [0.2, 0.25) is 11.8 Å². The molecule has 3 aliphatic heterocycles. The molecule has 0 saturated carbocycles. The van der Waals surface area contributed by atoms with Crippen molar-refractivity contribution < 1.29 is 28.7 Å². The Hall–Kier alpha value is -2.78. The van der Waals surface area contributed by atoms with Gasteiger partial charge in [-0.15, -0.1) is 0 Å². The number of imide groups is 2. The first-order valence-corrected chi connectivity index (χ1v) is 9.86. The number of amides is 4. The Kier molecular flexibility index (Phi) is 5.59. The molecule has 3 aliphatic rings. The van der Waals surface area contributed by atoms with Crippen molar-refractivity contribution in [2.24, 2.45) is 0 Å². The standard InChI is InChI=1S/C20H23N3O6/c24-16-5-4-14(18(25)22-16)23-19(26)13-2-1-3-15(17(13)20(23)27)29-11-10-28-12-6-8-21-9-7-12/h1-3,12,14,21H,4-11H2,(H,22,24,25). The van der Waals surface area contributed by atoms with E-state index in [1.165, 1.54) is 0 Å². The van der Waals surface area contributed by atoms with Crippen LogP contribution >= 0.6 is 0 Å². The summed E-state index contributed by atoms with van der Waals surface area (Å²) in [6, 6.07) is 3.82. The van der Waals surface area contributed by atoms with Crippen molar-refractivity contribution in [2.75, 3.05) is 26.3 Å². The fraction of sp³-hybridized carbons (Fsp3) is 0.500. The summed E-state index contributed by atoms with van der Waals surface area (Å²) in [5.41, 5.74) is 0.362.